The van der Waals surface area contributed by atoms with Crippen molar-refractivity contribution in [1.82, 2.24) is 0 Å². The molecule has 0 nitrogen and oxygen atoms in total. The van der Waals surface area contributed by atoms with Crippen molar-refractivity contribution in [2.24, 2.45) is 23.7 Å². The molecule has 2 saturated carbocycles. The summed E-state index contributed by atoms with van der Waals surface area (Å²) in [5, 5.41) is 1.50. The first-order valence-electron chi connectivity index (χ1n) is 10.6. The molecule has 0 saturated heterocycles. The number of alkyl halides is 4. The SMILES string of the molecule is CC(c1cccc(C(C)C2C(Cl)C3C=C(Cl)C2(Cl)C3)c1)C1C(Cl)C2C=C(Cl)C1(Cl)C2. The second-order valence-electron chi connectivity index (χ2n) is 9.68. The molecule has 0 spiro atoms. The predicted octanol–water partition coefficient (Wildman–Crippen LogP) is 8.61. The summed E-state index contributed by atoms with van der Waals surface area (Å²) in [6.07, 6.45) is 5.73. The maximum atomic E-state index is 7.01. The van der Waals surface area contributed by atoms with Crippen LogP contribution < -0.4 is 0 Å². The van der Waals surface area contributed by atoms with Crippen LogP contribution >= 0.6 is 69.6 Å². The molecule has 0 amide bonds. The zero-order valence-electron chi connectivity index (χ0n) is 16.8. The molecule has 5 rings (SSSR count). The largest absolute Gasteiger partial charge is 0.122 e. The van der Waals surface area contributed by atoms with Crippen molar-refractivity contribution >= 4 is 69.6 Å². The molecule has 10 atom stereocenters. The van der Waals surface area contributed by atoms with Gasteiger partial charge in [-0.05, 0) is 47.6 Å². The molecule has 4 bridgehead atoms. The Bertz CT molecular complexity index is 868. The minimum Gasteiger partial charge on any atom is -0.122 e. The summed E-state index contributed by atoms with van der Waals surface area (Å²) >= 11 is 40.7. The number of halogens is 6. The van der Waals surface area contributed by atoms with Crippen LogP contribution in [0, 0.1) is 23.7 Å². The third kappa shape index (κ3) is 3.00. The van der Waals surface area contributed by atoms with Crippen LogP contribution in [0.3, 0.4) is 0 Å². The third-order valence-corrected chi connectivity index (χ3v) is 11.7. The van der Waals surface area contributed by atoms with E-state index >= 15 is 0 Å². The molecule has 4 aliphatic rings. The van der Waals surface area contributed by atoms with Gasteiger partial charge in [-0.15, -0.1) is 46.4 Å². The summed E-state index contributed by atoms with van der Waals surface area (Å²) in [4.78, 5) is -1.10. The second kappa shape index (κ2) is 7.48. The van der Waals surface area contributed by atoms with E-state index in [1.54, 1.807) is 0 Å². The Balaban J connectivity index is 1.44. The third-order valence-electron chi connectivity index (χ3n) is 8.18. The van der Waals surface area contributed by atoms with E-state index < -0.39 is 9.75 Å². The quantitative estimate of drug-likeness (QED) is 0.346. The first kappa shape index (κ1) is 22.2. The van der Waals surface area contributed by atoms with Crippen molar-refractivity contribution in [2.45, 2.75) is 59.0 Å². The monoisotopic (exact) mass is 522 g/mol. The molecule has 1 aromatic carbocycles. The van der Waals surface area contributed by atoms with E-state index in [0.717, 1.165) is 22.9 Å². The summed E-state index contributed by atoms with van der Waals surface area (Å²) in [5.74, 6) is 1.06. The van der Waals surface area contributed by atoms with Gasteiger partial charge in [-0.2, -0.15) is 0 Å². The average Bonchev–Trinajstić information content (AvgIpc) is 3.34. The summed E-state index contributed by atoms with van der Waals surface area (Å²) in [5.41, 5.74) is 2.46. The van der Waals surface area contributed by atoms with E-state index in [-0.39, 0.29) is 46.3 Å². The Hall–Kier alpha value is 0.440. The lowest BCUT2D eigenvalue weighted by atomic mass is 9.75. The number of hydrogen-bond donors (Lipinski definition) is 0. The van der Waals surface area contributed by atoms with Gasteiger partial charge in [0.15, 0.2) is 0 Å². The van der Waals surface area contributed by atoms with Crippen LogP contribution in [0.15, 0.2) is 46.5 Å². The Morgan fingerprint density at radius 3 is 1.57 bits per heavy atom. The highest BCUT2D eigenvalue weighted by Gasteiger charge is 2.60. The Morgan fingerprint density at radius 2 is 1.20 bits per heavy atom. The maximum Gasteiger partial charge on any atom is 0.0851 e. The average molecular weight is 525 g/mol. The van der Waals surface area contributed by atoms with Crippen LogP contribution in [0.5, 0.6) is 0 Å². The van der Waals surface area contributed by atoms with Crippen LogP contribution in [0.1, 0.15) is 49.7 Å². The number of allylic oxidation sites excluding steroid dienone is 4. The van der Waals surface area contributed by atoms with E-state index in [4.69, 9.17) is 69.6 Å². The summed E-state index contributed by atoms with van der Waals surface area (Å²) in [7, 11) is 0. The van der Waals surface area contributed by atoms with Gasteiger partial charge in [-0.25, -0.2) is 0 Å². The highest BCUT2D eigenvalue weighted by atomic mass is 35.5. The molecule has 0 radical (unpaired) electrons. The van der Waals surface area contributed by atoms with Crippen molar-refractivity contribution in [3.8, 4) is 0 Å². The van der Waals surface area contributed by atoms with Crippen LogP contribution in [-0.4, -0.2) is 20.5 Å². The molecule has 0 N–H and O–H groups in total. The lowest BCUT2D eigenvalue weighted by Gasteiger charge is -2.38. The molecule has 0 aliphatic heterocycles. The van der Waals surface area contributed by atoms with Crippen molar-refractivity contribution in [1.29, 1.82) is 0 Å². The number of fused-ring (bicyclic) bond motifs is 4. The predicted molar refractivity (Wildman–Crippen MR) is 131 cm³/mol. The first-order chi connectivity index (χ1) is 14.1. The summed E-state index contributed by atoms with van der Waals surface area (Å²) < 4.78 is 0. The number of rotatable bonds is 4. The van der Waals surface area contributed by atoms with Gasteiger partial charge in [0.1, 0.15) is 0 Å². The van der Waals surface area contributed by atoms with Gasteiger partial charge in [0.25, 0.3) is 0 Å². The van der Waals surface area contributed by atoms with Gasteiger partial charge in [0.05, 0.1) is 9.75 Å². The fourth-order valence-electron chi connectivity index (χ4n) is 6.57. The zero-order chi connectivity index (χ0) is 21.6. The smallest absolute Gasteiger partial charge is 0.0851 e. The topological polar surface area (TPSA) is 0 Å². The van der Waals surface area contributed by atoms with Gasteiger partial charge in [0, 0.05) is 32.7 Å². The van der Waals surface area contributed by atoms with Gasteiger partial charge in [-0.1, -0.05) is 73.5 Å². The lowest BCUT2D eigenvalue weighted by molar-refractivity contribution is 0.396. The van der Waals surface area contributed by atoms with Crippen molar-refractivity contribution in [3.05, 3.63) is 57.6 Å². The summed E-state index contributed by atoms with van der Waals surface area (Å²) in [6, 6.07) is 8.71. The second-order valence-corrected chi connectivity index (χ2v) is 12.8. The highest BCUT2D eigenvalue weighted by Crippen LogP contribution is 2.63. The van der Waals surface area contributed by atoms with Crippen molar-refractivity contribution < 1.29 is 0 Å². The lowest BCUT2D eigenvalue weighted by Crippen LogP contribution is -2.37. The summed E-state index contributed by atoms with van der Waals surface area (Å²) in [6.45, 7) is 4.42. The molecule has 0 heterocycles. The van der Waals surface area contributed by atoms with Crippen molar-refractivity contribution in [3.63, 3.8) is 0 Å². The van der Waals surface area contributed by atoms with Crippen LogP contribution in [0.25, 0.3) is 0 Å². The zero-order valence-corrected chi connectivity index (χ0v) is 21.3. The maximum absolute atomic E-state index is 7.01. The van der Waals surface area contributed by atoms with E-state index in [1.807, 2.05) is 12.2 Å². The Labute approximate surface area is 208 Å². The molecule has 2 fully saturated rings. The molecular weight excluding hydrogens is 501 g/mol. The minimum absolute atomic E-state index is 0.00563. The van der Waals surface area contributed by atoms with Gasteiger partial charge in [0.2, 0.25) is 0 Å². The van der Waals surface area contributed by atoms with Gasteiger partial charge < -0.3 is 0 Å². The highest BCUT2D eigenvalue weighted by molar-refractivity contribution is 6.42. The van der Waals surface area contributed by atoms with E-state index in [1.165, 1.54) is 11.1 Å². The van der Waals surface area contributed by atoms with E-state index in [9.17, 15) is 0 Å². The van der Waals surface area contributed by atoms with E-state index in [0.29, 0.717) is 0 Å². The minimum atomic E-state index is -0.552. The molecule has 10 unspecified atom stereocenters. The number of benzene rings is 1. The molecular formula is C24H24Cl6. The van der Waals surface area contributed by atoms with Crippen LogP contribution in [0.4, 0.5) is 0 Å². The van der Waals surface area contributed by atoms with Crippen LogP contribution in [0.2, 0.25) is 0 Å². The Morgan fingerprint density at radius 1 is 0.800 bits per heavy atom. The van der Waals surface area contributed by atoms with Gasteiger partial charge >= 0.3 is 0 Å². The molecule has 4 aliphatic carbocycles. The standard InChI is InChI=1S/C24H24Cl6/c1-11(19-21(27)15-7-17(25)23(19,29)9-15)13-4-3-5-14(6-13)12(2)20-22(28)16-8-18(26)24(20,30)10-16/h3-8,11-12,15-16,19-22H,9-10H2,1-2H3. The van der Waals surface area contributed by atoms with Crippen molar-refractivity contribution in [2.75, 3.05) is 0 Å². The van der Waals surface area contributed by atoms with Gasteiger partial charge in [-0.3, -0.25) is 0 Å². The molecule has 30 heavy (non-hydrogen) atoms. The first-order valence-corrected chi connectivity index (χ1v) is 13.0. The fourth-order valence-corrected chi connectivity index (χ4v) is 9.75. The fraction of sp³-hybridized carbons (Fsp3) is 0.583. The molecule has 0 aromatic heterocycles. The number of hydrogen-bond acceptors (Lipinski definition) is 0. The van der Waals surface area contributed by atoms with E-state index in [2.05, 4.69) is 38.1 Å². The Kier molecular flexibility index (Phi) is 5.54. The van der Waals surface area contributed by atoms with Crippen LogP contribution in [-0.2, 0) is 0 Å². The molecule has 162 valence electrons. The molecule has 1 aromatic rings. The normalized spacial score (nSPS) is 46.1. The molecule has 6 heteroatoms.